The molecule has 0 bridgehead atoms. The summed E-state index contributed by atoms with van der Waals surface area (Å²) in [6.07, 6.45) is 2.59. The van der Waals surface area contributed by atoms with Crippen molar-refractivity contribution in [1.29, 1.82) is 0 Å². The van der Waals surface area contributed by atoms with Crippen LogP contribution in [-0.2, 0) is 0 Å². The molecule has 1 saturated heterocycles. The van der Waals surface area contributed by atoms with Crippen LogP contribution < -0.4 is 5.32 Å². The molecule has 1 N–H and O–H groups in total. The van der Waals surface area contributed by atoms with Crippen LogP contribution in [0.1, 0.15) is 47.5 Å². The Morgan fingerprint density at radius 1 is 1.38 bits per heavy atom. The van der Waals surface area contributed by atoms with E-state index in [2.05, 4.69) is 51.9 Å². The molecule has 3 atom stereocenters. The van der Waals surface area contributed by atoms with Crippen molar-refractivity contribution >= 4 is 0 Å². The van der Waals surface area contributed by atoms with Gasteiger partial charge in [0.05, 0.1) is 0 Å². The highest BCUT2D eigenvalue weighted by atomic mass is 15.2. The van der Waals surface area contributed by atoms with E-state index in [0.29, 0.717) is 17.5 Å². The molecule has 0 amide bonds. The summed E-state index contributed by atoms with van der Waals surface area (Å²) in [7, 11) is 2.09. The van der Waals surface area contributed by atoms with E-state index < -0.39 is 0 Å². The summed E-state index contributed by atoms with van der Waals surface area (Å²) < 4.78 is 0. The molecule has 1 aliphatic heterocycles. The lowest BCUT2D eigenvalue weighted by Gasteiger charge is -2.33. The molecular weight excluding hydrogens is 196 g/mol. The van der Waals surface area contributed by atoms with Gasteiger partial charge < -0.3 is 5.32 Å². The highest BCUT2D eigenvalue weighted by Gasteiger charge is 2.34. The van der Waals surface area contributed by atoms with Crippen molar-refractivity contribution in [2.45, 2.75) is 59.5 Å². The van der Waals surface area contributed by atoms with Gasteiger partial charge in [0.2, 0.25) is 0 Å². The third kappa shape index (κ3) is 3.21. The topological polar surface area (TPSA) is 15.3 Å². The van der Waals surface area contributed by atoms with Gasteiger partial charge in [-0.15, -0.1) is 0 Å². The lowest BCUT2D eigenvalue weighted by atomic mass is 9.80. The van der Waals surface area contributed by atoms with Crippen LogP contribution in [0.4, 0.5) is 0 Å². The first-order valence-corrected chi connectivity index (χ1v) is 6.81. The molecular formula is C14H30N2. The molecule has 1 aliphatic rings. The Labute approximate surface area is 102 Å². The fourth-order valence-corrected chi connectivity index (χ4v) is 2.91. The van der Waals surface area contributed by atoms with Crippen molar-refractivity contribution in [3.63, 3.8) is 0 Å². The Balaban J connectivity index is 2.52. The van der Waals surface area contributed by atoms with Crippen molar-refractivity contribution < 1.29 is 0 Å². The minimum Gasteiger partial charge on any atom is -0.315 e. The van der Waals surface area contributed by atoms with E-state index in [1.165, 1.54) is 25.9 Å². The summed E-state index contributed by atoms with van der Waals surface area (Å²) in [6.45, 7) is 14.3. The fraction of sp³-hybridized carbons (Fsp3) is 1.00. The SMILES string of the molecule is CCC(NC)C(C)N1CCC(C(C)(C)C)C1. The number of likely N-dealkylation sites (tertiary alicyclic amines) is 1. The number of rotatable bonds is 4. The fourth-order valence-electron chi connectivity index (χ4n) is 2.91. The van der Waals surface area contributed by atoms with Gasteiger partial charge in [-0.05, 0) is 44.7 Å². The molecule has 1 fully saturated rings. The number of likely N-dealkylation sites (N-methyl/N-ethyl adjacent to an activating group) is 1. The van der Waals surface area contributed by atoms with Crippen LogP contribution in [0.15, 0.2) is 0 Å². The zero-order valence-electron chi connectivity index (χ0n) is 12.0. The van der Waals surface area contributed by atoms with Crippen LogP contribution in [0.3, 0.4) is 0 Å². The third-order valence-electron chi connectivity index (χ3n) is 4.41. The summed E-state index contributed by atoms with van der Waals surface area (Å²) >= 11 is 0. The average molecular weight is 226 g/mol. The summed E-state index contributed by atoms with van der Waals surface area (Å²) in [5.41, 5.74) is 0.468. The van der Waals surface area contributed by atoms with Crippen LogP contribution in [0.2, 0.25) is 0 Å². The molecule has 0 aliphatic carbocycles. The minimum absolute atomic E-state index is 0.468. The summed E-state index contributed by atoms with van der Waals surface area (Å²) in [6, 6.07) is 1.31. The Morgan fingerprint density at radius 3 is 2.38 bits per heavy atom. The van der Waals surface area contributed by atoms with Gasteiger partial charge in [0.1, 0.15) is 0 Å². The summed E-state index contributed by atoms with van der Waals surface area (Å²) in [5, 5.41) is 3.44. The molecule has 1 heterocycles. The maximum absolute atomic E-state index is 3.44. The molecule has 0 saturated carbocycles. The van der Waals surface area contributed by atoms with E-state index >= 15 is 0 Å². The summed E-state index contributed by atoms with van der Waals surface area (Å²) in [4.78, 5) is 2.67. The van der Waals surface area contributed by atoms with Gasteiger partial charge in [0, 0.05) is 18.6 Å². The van der Waals surface area contributed by atoms with E-state index in [-0.39, 0.29) is 0 Å². The van der Waals surface area contributed by atoms with Crippen molar-refractivity contribution in [1.82, 2.24) is 10.2 Å². The van der Waals surface area contributed by atoms with Crippen molar-refractivity contribution in [2.75, 3.05) is 20.1 Å². The molecule has 16 heavy (non-hydrogen) atoms. The van der Waals surface area contributed by atoms with Crippen LogP contribution in [-0.4, -0.2) is 37.1 Å². The number of hydrogen-bond acceptors (Lipinski definition) is 2. The predicted molar refractivity (Wildman–Crippen MR) is 71.7 cm³/mol. The second kappa shape index (κ2) is 5.50. The van der Waals surface area contributed by atoms with Gasteiger partial charge >= 0.3 is 0 Å². The Kier molecular flexibility index (Phi) is 4.81. The van der Waals surface area contributed by atoms with Crippen LogP contribution >= 0.6 is 0 Å². The normalized spacial score (nSPS) is 27.0. The maximum atomic E-state index is 3.44. The van der Waals surface area contributed by atoms with E-state index in [9.17, 15) is 0 Å². The van der Waals surface area contributed by atoms with Crippen molar-refractivity contribution in [2.24, 2.45) is 11.3 Å². The zero-order valence-corrected chi connectivity index (χ0v) is 12.0. The first-order valence-electron chi connectivity index (χ1n) is 6.81. The second-order valence-electron chi connectivity index (χ2n) is 6.39. The van der Waals surface area contributed by atoms with E-state index in [4.69, 9.17) is 0 Å². The van der Waals surface area contributed by atoms with Gasteiger partial charge in [-0.3, -0.25) is 4.90 Å². The lowest BCUT2D eigenvalue weighted by Crippen LogP contribution is -2.46. The average Bonchev–Trinajstić information content (AvgIpc) is 2.67. The predicted octanol–water partition coefficient (Wildman–Crippen LogP) is 2.74. The standard InChI is InChI=1S/C14H30N2/c1-7-13(15-6)11(2)16-9-8-12(10-16)14(3,4)5/h11-13,15H,7-10H2,1-6H3. The quantitative estimate of drug-likeness (QED) is 0.793. The summed E-state index contributed by atoms with van der Waals surface area (Å²) in [5.74, 6) is 0.865. The lowest BCUT2D eigenvalue weighted by molar-refractivity contribution is 0.175. The number of hydrogen-bond donors (Lipinski definition) is 1. The molecule has 0 aromatic carbocycles. The number of nitrogens with zero attached hydrogens (tertiary/aromatic N) is 1. The van der Waals surface area contributed by atoms with Gasteiger partial charge in [0.25, 0.3) is 0 Å². The Morgan fingerprint density at radius 2 is 2.00 bits per heavy atom. The highest BCUT2D eigenvalue weighted by Crippen LogP contribution is 2.34. The first-order chi connectivity index (χ1) is 7.40. The van der Waals surface area contributed by atoms with E-state index in [1.807, 2.05) is 0 Å². The van der Waals surface area contributed by atoms with Crippen molar-refractivity contribution in [3.05, 3.63) is 0 Å². The van der Waals surface area contributed by atoms with E-state index in [0.717, 1.165) is 5.92 Å². The molecule has 3 unspecified atom stereocenters. The van der Waals surface area contributed by atoms with Crippen LogP contribution in [0, 0.1) is 11.3 Å². The first kappa shape index (κ1) is 14.0. The van der Waals surface area contributed by atoms with Gasteiger partial charge in [-0.25, -0.2) is 0 Å². The van der Waals surface area contributed by atoms with Gasteiger partial charge in [-0.1, -0.05) is 27.7 Å². The number of nitrogens with one attached hydrogen (secondary N) is 1. The highest BCUT2D eigenvalue weighted by molar-refractivity contribution is 4.89. The molecule has 2 heteroatoms. The smallest absolute Gasteiger partial charge is 0.0220 e. The molecule has 2 nitrogen and oxygen atoms in total. The van der Waals surface area contributed by atoms with Crippen molar-refractivity contribution in [3.8, 4) is 0 Å². The molecule has 0 spiro atoms. The molecule has 96 valence electrons. The van der Waals surface area contributed by atoms with Crippen LogP contribution in [0.25, 0.3) is 0 Å². The molecule has 0 aromatic heterocycles. The molecule has 0 radical (unpaired) electrons. The van der Waals surface area contributed by atoms with Gasteiger partial charge in [0.15, 0.2) is 0 Å². The molecule has 0 aromatic rings. The minimum atomic E-state index is 0.468. The maximum Gasteiger partial charge on any atom is 0.0220 e. The van der Waals surface area contributed by atoms with E-state index in [1.54, 1.807) is 0 Å². The third-order valence-corrected chi connectivity index (χ3v) is 4.41. The molecule has 1 rings (SSSR count). The monoisotopic (exact) mass is 226 g/mol. The Bertz CT molecular complexity index is 203. The largest absolute Gasteiger partial charge is 0.315 e. The zero-order chi connectivity index (χ0) is 12.3. The second-order valence-corrected chi connectivity index (χ2v) is 6.39. The Hall–Kier alpha value is -0.0800. The van der Waals surface area contributed by atoms with Gasteiger partial charge in [-0.2, -0.15) is 0 Å². The van der Waals surface area contributed by atoms with Crippen LogP contribution in [0.5, 0.6) is 0 Å².